The van der Waals surface area contributed by atoms with E-state index in [0.717, 1.165) is 16.2 Å². The lowest BCUT2D eigenvalue weighted by molar-refractivity contribution is -0.120. The number of thioether (sulfide) groups is 1. The quantitative estimate of drug-likeness (QED) is 0.647. The first kappa shape index (κ1) is 16.9. The Balaban J connectivity index is 1.32. The molecular weight excluding hydrogens is 374 g/mol. The number of fused-ring (bicyclic) bond motifs is 1. The second-order valence-corrected chi connectivity index (χ2v) is 7.76. The van der Waals surface area contributed by atoms with Crippen LogP contribution in [0.1, 0.15) is 12.5 Å². The summed E-state index contributed by atoms with van der Waals surface area (Å²) in [6.07, 6.45) is 0. The van der Waals surface area contributed by atoms with Crippen molar-refractivity contribution >= 4 is 29.0 Å². The van der Waals surface area contributed by atoms with Crippen LogP contribution in [0.2, 0.25) is 0 Å². The molecule has 0 bridgehead atoms. The summed E-state index contributed by atoms with van der Waals surface area (Å²) in [6.45, 7) is 2.44. The Kier molecular flexibility index (Phi) is 4.81. The molecule has 134 valence electrons. The van der Waals surface area contributed by atoms with E-state index in [9.17, 15) is 4.79 Å². The molecule has 1 aliphatic heterocycles. The standard InChI is InChI=1S/C17H15N3O4S2/c1-10(26-17-20-19-16(24-17)14-3-2-6-25-14)15(21)18-8-11-4-5-12-13(7-11)23-9-22-12/h2-7,10H,8-9H2,1H3,(H,18,21). The number of nitrogens with zero attached hydrogens (tertiary/aromatic N) is 2. The fourth-order valence-corrected chi connectivity index (χ4v) is 3.70. The van der Waals surface area contributed by atoms with Crippen LogP contribution in [0.4, 0.5) is 0 Å². The fourth-order valence-electron chi connectivity index (χ4n) is 2.35. The lowest BCUT2D eigenvalue weighted by Crippen LogP contribution is -2.30. The first-order valence-corrected chi connectivity index (χ1v) is 9.65. The van der Waals surface area contributed by atoms with Crippen molar-refractivity contribution in [1.82, 2.24) is 15.5 Å². The average molecular weight is 389 g/mol. The molecule has 26 heavy (non-hydrogen) atoms. The first-order valence-electron chi connectivity index (χ1n) is 7.89. The summed E-state index contributed by atoms with van der Waals surface area (Å²) in [5.41, 5.74) is 0.942. The van der Waals surface area contributed by atoms with E-state index >= 15 is 0 Å². The predicted octanol–water partition coefficient (Wildman–Crippen LogP) is 3.32. The molecule has 0 saturated carbocycles. The normalized spacial score (nSPS) is 13.6. The van der Waals surface area contributed by atoms with Gasteiger partial charge in [0.05, 0.1) is 10.1 Å². The average Bonchev–Trinajstić information content (AvgIpc) is 3.39. The number of thiophene rings is 1. The van der Waals surface area contributed by atoms with Crippen molar-refractivity contribution in [3.8, 4) is 22.3 Å². The SMILES string of the molecule is CC(Sc1nnc(-c2cccs2)o1)C(=O)NCc1ccc2c(c1)OCO2. The number of carbonyl (C=O) groups is 1. The molecule has 3 heterocycles. The third-order valence-electron chi connectivity index (χ3n) is 3.69. The Labute approximate surface area is 157 Å². The van der Waals surface area contributed by atoms with Gasteiger partial charge in [-0.1, -0.05) is 23.9 Å². The molecule has 1 aliphatic rings. The summed E-state index contributed by atoms with van der Waals surface area (Å²) in [5, 5.41) is 12.9. The Morgan fingerprint density at radius 2 is 2.19 bits per heavy atom. The van der Waals surface area contributed by atoms with Crippen molar-refractivity contribution in [2.24, 2.45) is 0 Å². The van der Waals surface area contributed by atoms with Crippen LogP contribution in [0.25, 0.3) is 10.8 Å². The number of hydrogen-bond acceptors (Lipinski definition) is 8. The van der Waals surface area contributed by atoms with Crippen LogP contribution in [0, 0.1) is 0 Å². The van der Waals surface area contributed by atoms with Gasteiger partial charge in [0.25, 0.3) is 11.1 Å². The monoisotopic (exact) mass is 389 g/mol. The van der Waals surface area contributed by atoms with E-state index in [4.69, 9.17) is 13.9 Å². The summed E-state index contributed by atoms with van der Waals surface area (Å²) in [4.78, 5) is 13.2. The van der Waals surface area contributed by atoms with Crippen molar-refractivity contribution in [3.63, 3.8) is 0 Å². The van der Waals surface area contributed by atoms with Crippen LogP contribution in [-0.2, 0) is 11.3 Å². The van der Waals surface area contributed by atoms with Crippen LogP contribution in [0.5, 0.6) is 11.5 Å². The topological polar surface area (TPSA) is 86.5 Å². The van der Waals surface area contributed by atoms with Crippen LogP contribution in [0.3, 0.4) is 0 Å². The Morgan fingerprint density at radius 3 is 3.04 bits per heavy atom. The lowest BCUT2D eigenvalue weighted by Gasteiger charge is -2.10. The molecule has 4 rings (SSSR count). The first-order chi connectivity index (χ1) is 12.7. The van der Waals surface area contributed by atoms with Gasteiger partial charge in [0.1, 0.15) is 0 Å². The molecule has 3 aromatic rings. The van der Waals surface area contributed by atoms with Crippen molar-refractivity contribution in [2.75, 3.05) is 6.79 Å². The zero-order valence-electron chi connectivity index (χ0n) is 13.8. The predicted molar refractivity (Wildman–Crippen MR) is 97.3 cm³/mol. The maximum atomic E-state index is 12.3. The molecule has 7 nitrogen and oxygen atoms in total. The molecule has 1 N–H and O–H groups in total. The summed E-state index contributed by atoms with van der Waals surface area (Å²) in [6, 6.07) is 9.44. The van der Waals surface area contributed by atoms with Gasteiger partial charge in [-0.15, -0.1) is 21.5 Å². The number of benzene rings is 1. The van der Waals surface area contributed by atoms with E-state index in [1.54, 1.807) is 6.92 Å². The molecule has 0 saturated heterocycles. The van der Waals surface area contributed by atoms with Gasteiger partial charge in [-0.3, -0.25) is 4.79 Å². The lowest BCUT2D eigenvalue weighted by atomic mass is 10.2. The third kappa shape index (κ3) is 3.68. The Morgan fingerprint density at radius 1 is 1.31 bits per heavy atom. The van der Waals surface area contributed by atoms with E-state index in [2.05, 4.69) is 15.5 Å². The van der Waals surface area contributed by atoms with Crippen molar-refractivity contribution in [1.29, 1.82) is 0 Å². The minimum absolute atomic E-state index is 0.108. The summed E-state index contributed by atoms with van der Waals surface area (Å²) < 4.78 is 16.2. The number of hydrogen-bond donors (Lipinski definition) is 1. The van der Waals surface area contributed by atoms with Crippen LogP contribution in [0.15, 0.2) is 45.4 Å². The van der Waals surface area contributed by atoms with Gasteiger partial charge in [0, 0.05) is 6.54 Å². The molecule has 2 aromatic heterocycles. The number of nitrogens with one attached hydrogen (secondary N) is 1. The number of ether oxygens (including phenoxy) is 2. The van der Waals surface area contributed by atoms with Crippen LogP contribution >= 0.6 is 23.1 Å². The molecule has 1 atom stereocenters. The molecular formula is C17H15N3O4S2. The van der Waals surface area contributed by atoms with Gasteiger partial charge in [-0.05, 0) is 36.1 Å². The molecule has 0 radical (unpaired) electrons. The fraction of sp³-hybridized carbons (Fsp3) is 0.235. The Bertz CT molecular complexity index is 911. The maximum absolute atomic E-state index is 12.3. The second-order valence-electron chi connectivity index (χ2n) is 5.52. The van der Waals surface area contributed by atoms with Crippen molar-refractivity contribution in [3.05, 3.63) is 41.3 Å². The van der Waals surface area contributed by atoms with Gasteiger partial charge >= 0.3 is 0 Å². The second kappa shape index (κ2) is 7.38. The largest absolute Gasteiger partial charge is 0.454 e. The third-order valence-corrected chi connectivity index (χ3v) is 5.48. The molecule has 1 aromatic carbocycles. The zero-order chi connectivity index (χ0) is 17.9. The highest BCUT2D eigenvalue weighted by Gasteiger charge is 2.19. The van der Waals surface area contributed by atoms with E-state index < -0.39 is 0 Å². The Hall–Kier alpha value is -2.52. The van der Waals surface area contributed by atoms with Crippen LogP contribution in [-0.4, -0.2) is 28.1 Å². The molecule has 9 heteroatoms. The van der Waals surface area contributed by atoms with E-state index in [-0.39, 0.29) is 18.0 Å². The van der Waals surface area contributed by atoms with Gasteiger partial charge in [0.15, 0.2) is 11.5 Å². The van der Waals surface area contributed by atoms with E-state index in [0.29, 0.717) is 23.4 Å². The maximum Gasteiger partial charge on any atom is 0.277 e. The van der Waals surface area contributed by atoms with Gasteiger partial charge in [-0.2, -0.15) is 0 Å². The molecule has 1 unspecified atom stereocenters. The van der Waals surface area contributed by atoms with Gasteiger partial charge < -0.3 is 19.2 Å². The smallest absolute Gasteiger partial charge is 0.277 e. The molecule has 0 aliphatic carbocycles. The van der Waals surface area contributed by atoms with E-state index in [1.807, 2.05) is 35.7 Å². The van der Waals surface area contributed by atoms with Gasteiger partial charge in [0.2, 0.25) is 12.7 Å². The minimum Gasteiger partial charge on any atom is -0.454 e. The van der Waals surface area contributed by atoms with Crippen molar-refractivity contribution < 1.29 is 18.7 Å². The molecule has 0 spiro atoms. The summed E-state index contributed by atoms with van der Waals surface area (Å²) in [7, 11) is 0. The van der Waals surface area contributed by atoms with Crippen molar-refractivity contribution in [2.45, 2.75) is 23.9 Å². The number of rotatable bonds is 6. The highest BCUT2D eigenvalue weighted by Crippen LogP contribution is 2.32. The summed E-state index contributed by atoms with van der Waals surface area (Å²) >= 11 is 2.76. The minimum atomic E-state index is -0.361. The highest BCUT2D eigenvalue weighted by molar-refractivity contribution is 8.00. The van der Waals surface area contributed by atoms with Crippen LogP contribution < -0.4 is 14.8 Å². The summed E-state index contributed by atoms with van der Waals surface area (Å²) in [5.74, 6) is 1.78. The number of aromatic nitrogens is 2. The van der Waals surface area contributed by atoms with E-state index in [1.165, 1.54) is 23.1 Å². The zero-order valence-corrected chi connectivity index (χ0v) is 15.4. The highest BCUT2D eigenvalue weighted by atomic mass is 32.2. The number of amides is 1. The number of carbonyl (C=O) groups excluding carboxylic acids is 1. The molecule has 0 fully saturated rings. The molecule has 1 amide bonds. The van der Waals surface area contributed by atoms with Gasteiger partial charge in [-0.25, -0.2) is 0 Å².